The molecule has 2 aromatic carbocycles. The molecule has 21 heavy (non-hydrogen) atoms. The van der Waals surface area contributed by atoms with Crippen molar-refractivity contribution in [2.45, 2.75) is 39.8 Å². The van der Waals surface area contributed by atoms with E-state index in [9.17, 15) is 0 Å². The highest BCUT2D eigenvalue weighted by atomic mass is 31.1. The maximum absolute atomic E-state index is 6.01. The molecule has 1 atom stereocenters. The molecule has 0 saturated carbocycles. The van der Waals surface area contributed by atoms with E-state index < -0.39 is 0 Å². The Morgan fingerprint density at radius 1 is 0.952 bits per heavy atom. The third-order valence-corrected chi connectivity index (χ3v) is 7.19. The van der Waals surface area contributed by atoms with Gasteiger partial charge in [-0.1, -0.05) is 51.1 Å². The fourth-order valence-corrected chi connectivity index (χ4v) is 5.42. The molecule has 3 rings (SSSR count). The Balaban J connectivity index is 2.25. The maximum Gasteiger partial charge on any atom is 0.128 e. The van der Waals surface area contributed by atoms with Crippen LogP contribution in [0.4, 0.5) is 0 Å². The Labute approximate surface area is 129 Å². The zero-order chi connectivity index (χ0) is 15.2. The van der Waals surface area contributed by atoms with Crippen molar-refractivity contribution in [1.29, 1.82) is 0 Å². The van der Waals surface area contributed by atoms with Crippen molar-refractivity contribution >= 4 is 13.2 Å². The summed E-state index contributed by atoms with van der Waals surface area (Å²) in [5.41, 5.74) is 5.46. The van der Waals surface area contributed by atoms with Gasteiger partial charge < -0.3 is 4.74 Å². The molecule has 2 heteroatoms. The lowest BCUT2D eigenvalue weighted by Crippen LogP contribution is -2.19. The first-order valence-electron chi connectivity index (χ1n) is 7.49. The van der Waals surface area contributed by atoms with Gasteiger partial charge in [0.2, 0.25) is 0 Å². The maximum atomic E-state index is 6.01. The molecule has 0 amide bonds. The van der Waals surface area contributed by atoms with Crippen LogP contribution in [-0.4, -0.2) is 11.5 Å². The minimum atomic E-state index is -0.293. The molecule has 0 bridgehead atoms. The van der Waals surface area contributed by atoms with Gasteiger partial charge in [-0.3, -0.25) is 0 Å². The van der Waals surface area contributed by atoms with Crippen LogP contribution in [0, 0.1) is 13.8 Å². The predicted molar refractivity (Wildman–Crippen MR) is 93.2 cm³/mol. The fraction of sp³-hybridized carbons (Fsp3) is 0.368. The summed E-state index contributed by atoms with van der Waals surface area (Å²) >= 11 is 0. The highest BCUT2D eigenvalue weighted by molar-refractivity contribution is 7.67. The first kappa shape index (κ1) is 14.6. The topological polar surface area (TPSA) is 9.23 Å². The molecule has 0 spiro atoms. The normalized spacial score (nSPS) is 17.5. The number of fused-ring (bicyclic) bond motifs is 1. The Bertz CT molecular complexity index is 662. The molecule has 1 aliphatic rings. The lowest BCUT2D eigenvalue weighted by atomic mass is 9.95. The summed E-state index contributed by atoms with van der Waals surface area (Å²) in [5.74, 6) is 1.09. The number of aryl methyl sites for hydroxylation is 2. The molecule has 0 fully saturated rings. The van der Waals surface area contributed by atoms with Gasteiger partial charge in [-0.2, -0.15) is 0 Å². The quantitative estimate of drug-likeness (QED) is 0.655. The van der Waals surface area contributed by atoms with Gasteiger partial charge in [-0.25, -0.2) is 0 Å². The van der Waals surface area contributed by atoms with E-state index >= 15 is 0 Å². The molecule has 0 saturated heterocycles. The second-order valence-electron chi connectivity index (χ2n) is 6.79. The first-order valence-corrected chi connectivity index (χ1v) is 9.02. The molecule has 0 unspecified atom stereocenters. The number of hydrogen-bond acceptors (Lipinski definition) is 1. The summed E-state index contributed by atoms with van der Waals surface area (Å²) in [6.45, 7) is 11.4. The summed E-state index contributed by atoms with van der Waals surface area (Å²) in [6, 6.07) is 13.1. The van der Waals surface area contributed by atoms with Gasteiger partial charge in [0.1, 0.15) is 12.1 Å². The van der Waals surface area contributed by atoms with Crippen molar-refractivity contribution in [3.8, 4) is 16.9 Å². The third kappa shape index (κ3) is 2.49. The average Bonchev–Trinajstić information content (AvgIpc) is 2.83. The van der Waals surface area contributed by atoms with Crippen molar-refractivity contribution in [2.75, 3.05) is 6.35 Å². The molecule has 1 aliphatic heterocycles. The van der Waals surface area contributed by atoms with Crippen molar-refractivity contribution in [1.82, 2.24) is 0 Å². The predicted octanol–water partition coefficient (Wildman–Crippen LogP) is 5.23. The number of ether oxygens (including phenoxy) is 1. The van der Waals surface area contributed by atoms with E-state index in [2.05, 4.69) is 71.0 Å². The number of benzene rings is 2. The molecular formula is C19H23OP. The largest absolute Gasteiger partial charge is 0.488 e. The van der Waals surface area contributed by atoms with Gasteiger partial charge >= 0.3 is 0 Å². The highest BCUT2D eigenvalue weighted by Gasteiger charge is 2.35. The van der Waals surface area contributed by atoms with Crippen LogP contribution in [0.25, 0.3) is 11.1 Å². The van der Waals surface area contributed by atoms with Crippen LogP contribution in [0.2, 0.25) is 0 Å². The van der Waals surface area contributed by atoms with Crippen molar-refractivity contribution in [2.24, 2.45) is 0 Å². The summed E-state index contributed by atoms with van der Waals surface area (Å²) in [7, 11) is -0.293. The molecule has 0 aromatic heterocycles. The Kier molecular flexibility index (Phi) is 3.58. The summed E-state index contributed by atoms with van der Waals surface area (Å²) in [5, 5.41) is 1.73. The average molecular weight is 298 g/mol. The van der Waals surface area contributed by atoms with E-state index in [1.165, 1.54) is 27.6 Å². The van der Waals surface area contributed by atoms with Crippen LogP contribution < -0.4 is 10.0 Å². The molecule has 0 radical (unpaired) electrons. The molecule has 1 heterocycles. The lowest BCUT2D eigenvalue weighted by Gasteiger charge is -2.28. The van der Waals surface area contributed by atoms with E-state index in [-0.39, 0.29) is 13.1 Å². The number of hydrogen-bond donors (Lipinski definition) is 0. The van der Waals surface area contributed by atoms with Gasteiger partial charge in [-0.15, -0.1) is 0 Å². The van der Waals surface area contributed by atoms with Crippen LogP contribution >= 0.6 is 7.92 Å². The van der Waals surface area contributed by atoms with Crippen molar-refractivity contribution in [3.05, 3.63) is 47.5 Å². The summed E-state index contributed by atoms with van der Waals surface area (Å²) in [4.78, 5) is 0. The monoisotopic (exact) mass is 298 g/mol. The molecular weight excluding hydrogens is 275 g/mol. The van der Waals surface area contributed by atoms with Crippen LogP contribution in [-0.2, 0) is 0 Å². The summed E-state index contributed by atoms with van der Waals surface area (Å²) < 4.78 is 6.01. The highest BCUT2D eigenvalue weighted by Crippen LogP contribution is 2.56. The number of rotatable bonds is 1. The Morgan fingerprint density at radius 2 is 1.57 bits per heavy atom. The van der Waals surface area contributed by atoms with Gasteiger partial charge in [0.15, 0.2) is 0 Å². The fourth-order valence-electron chi connectivity index (χ4n) is 3.09. The minimum absolute atomic E-state index is 0.271. The second kappa shape index (κ2) is 5.14. The van der Waals surface area contributed by atoms with Crippen LogP contribution in [0.5, 0.6) is 5.75 Å². The standard InChI is InChI=1S/C19H23OP/c1-13-8-6-9-14(2)17(13)15-10-7-11-16-18(15)21(12-20-16)19(3,4)5/h6-11H,12H2,1-5H3/t21-/m1/s1. The first-order chi connectivity index (χ1) is 9.89. The van der Waals surface area contributed by atoms with Gasteiger partial charge in [0, 0.05) is 5.30 Å². The van der Waals surface area contributed by atoms with E-state index in [0.717, 1.165) is 12.1 Å². The Hall–Kier alpha value is -1.33. The van der Waals surface area contributed by atoms with Crippen LogP contribution in [0.3, 0.4) is 0 Å². The van der Waals surface area contributed by atoms with Gasteiger partial charge in [0.25, 0.3) is 0 Å². The van der Waals surface area contributed by atoms with Crippen LogP contribution in [0.1, 0.15) is 31.9 Å². The SMILES string of the molecule is Cc1cccc(C)c1-c1cccc2c1[P@](C(C)(C)C)CO2. The van der Waals surface area contributed by atoms with Crippen molar-refractivity contribution in [3.63, 3.8) is 0 Å². The third-order valence-electron chi connectivity index (χ3n) is 4.18. The van der Waals surface area contributed by atoms with Crippen LogP contribution in [0.15, 0.2) is 36.4 Å². The van der Waals surface area contributed by atoms with Gasteiger partial charge in [-0.05, 0) is 55.2 Å². The zero-order valence-corrected chi connectivity index (χ0v) is 14.4. The zero-order valence-electron chi connectivity index (χ0n) is 13.5. The second-order valence-corrected chi connectivity index (χ2v) is 9.69. The molecule has 110 valence electrons. The molecule has 0 N–H and O–H groups in total. The van der Waals surface area contributed by atoms with Crippen molar-refractivity contribution < 1.29 is 4.74 Å². The molecule has 1 nitrogen and oxygen atoms in total. The Morgan fingerprint density at radius 3 is 2.19 bits per heavy atom. The molecule has 0 aliphatic carbocycles. The lowest BCUT2D eigenvalue weighted by molar-refractivity contribution is 0.400. The smallest absolute Gasteiger partial charge is 0.128 e. The van der Waals surface area contributed by atoms with E-state index in [0.29, 0.717) is 0 Å². The molecule has 2 aromatic rings. The van der Waals surface area contributed by atoms with E-state index in [1.807, 2.05) is 0 Å². The summed E-state index contributed by atoms with van der Waals surface area (Å²) in [6.07, 6.45) is 0.857. The van der Waals surface area contributed by atoms with Gasteiger partial charge in [0.05, 0.1) is 0 Å². The van der Waals surface area contributed by atoms with E-state index in [1.54, 1.807) is 0 Å². The minimum Gasteiger partial charge on any atom is -0.488 e. The van der Waals surface area contributed by atoms with E-state index in [4.69, 9.17) is 4.74 Å².